The normalized spacial score (nSPS) is 11.7. The van der Waals surface area contributed by atoms with Crippen LogP contribution in [0, 0.1) is 0 Å². The van der Waals surface area contributed by atoms with E-state index in [4.69, 9.17) is 18.9 Å². The third-order valence-electron chi connectivity index (χ3n) is 1.74. The summed E-state index contributed by atoms with van der Waals surface area (Å²) in [7, 11) is 3.00. The minimum atomic E-state index is -0.762. The topological polar surface area (TPSA) is 83.1 Å². The standard InChI is InChI=1S/C10H19NO6/c1-8(9(12)16-6-4-14-2)11-10(13)17-7-5-15-3/h8H,4-7H2,1-3H3,(H,11,13). The number of methoxy groups -OCH3 is 2. The summed E-state index contributed by atoms with van der Waals surface area (Å²) in [5, 5.41) is 2.33. The lowest BCUT2D eigenvalue weighted by molar-refractivity contribution is -0.146. The molecular formula is C10H19NO6. The number of alkyl carbamates (subject to hydrolysis) is 1. The van der Waals surface area contributed by atoms with Crippen LogP contribution in [0.15, 0.2) is 0 Å². The maximum atomic E-state index is 11.3. The minimum absolute atomic E-state index is 0.133. The van der Waals surface area contributed by atoms with Crippen molar-refractivity contribution in [3.8, 4) is 0 Å². The van der Waals surface area contributed by atoms with Gasteiger partial charge in [0.05, 0.1) is 13.2 Å². The van der Waals surface area contributed by atoms with Gasteiger partial charge in [0.25, 0.3) is 0 Å². The van der Waals surface area contributed by atoms with Crippen molar-refractivity contribution in [2.75, 3.05) is 40.6 Å². The van der Waals surface area contributed by atoms with Crippen molar-refractivity contribution >= 4 is 12.1 Å². The SMILES string of the molecule is COCCOC(=O)NC(C)C(=O)OCCOC. The highest BCUT2D eigenvalue weighted by Crippen LogP contribution is 1.90. The van der Waals surface area contributed by atoms with E-state index in [9.17, 15) is 9.59 Å². The molecule has 7 heteroatoms. The molecule has 0 aromatic rings. The van der Waals surface area contributed by atoms with Crippen molar-refractivity contribution in [1.29, 1.82) is 0 Å². The minimum Gasteiger partial charge on any atom is -0.462 e. The van der Waals surface area contributed by atoms with Crippen molar-refractivity contribution < 1.29 is 28.5 Å². The van der Waals surface area contributed by atoms with Crippen molar-refractivity contribution in [3.63, 3.8) is 0 Å². The van der Waals surface area contributed by atoms with Crippen LogP contribution in [0.5, 0.6) is 0 Å². The predicted octanol–water partition coefficient (Wildman–Crippen LogP) is -0.0629. The number of hydrogen-bond acceptors (Lipinski definition) is 6. The first-order chi connectivity index (χ1) is 8.11. The molecule has 0 radical (unpaired) electrons. The Balaban J connectivity index is 3.71. The molecule has 7 nitrogen and oxygen atoms in total. The Labute approximate surface area is 100 Å². The molecule has 100 valence electrons. The molecule has 0 aliphatic heterocycles. The van der Waals surface area contributed by atoms with Crippen LogP contribution in [0.3, 0.4) is 0 Å². The molecule has 17 heavy (non-hydrogen) atoms. The molecule has 0 saturated heterocycles. The Kier molecular flexibility index (Phi) is 9.08. The van der Waals surface area contributed by atoms with Gasteiger partial charge in [-0.05, 0) is 6.92 Å². The molecule has 0 aromatic heterocycles. The van der Waals surface area contributed by atoms with Crippen molar-refractivity contribution in [2.24, 2.45) is 0 Å². The van der Waals surface area contributed by atoms with E-state index in [2.05, 4.69) is 5.32 Å². The number of hydrogen-bond donors (Lipinski definition) is 1. The zero-order chi connectivity index (χ0) is 13.1. The van der Waals surface area contributed by atoms with Gasteiger partial charge in [-0.15, -0.1) is 0 Å². The fourth-order valence-corrected chi connectivity index (χ4v) is 0.846. The van der Waals surface area contributed by atoms with Gasteiger partial charge in [0.1, 0.15) is 19.3 Å². The summed E-state index contributed by atoms with van der Waals surface area (Å²) in [5.41, 5.74) is 0. The lowest BCUT2D eigenvalue weighted by atomic mass is 10.3. The third-order valence-corrected chi connectivity index (χ3v) is 1.74. The van der Waals surface area contributed by atoms with Crippen LogP contribution >= 0.6 is 0 Å². The molecule has 1 amide bonds. The van der Waals surface area contributed by atoms with E-state index in [0.29, 0.717) is 13.2 Å². The highest BCUT2D eigenvalue weighted by atomic mass is 16.6. The highest BCUT2D eigenvalue weighted by molar-refractivity contribution is 5.80. The number of carbonyl (C=O) groups is 2. The fourth-order valence-electron chi connectivity index (χ4n) is 0.846. The van der Waals surface area contributed by atoms with E-state index in [0.717, 1.165) is 0 Å². The Bertz CT molecular complexity index is 233. The number of carbonyl (C=O) groups excluding carboxylic acids is 2. The largest absolute Gasteiger partial charge is 0.462 e. The Morgan fingerprint density at radius 2 is 1.53 bits per heavy atom. The second-order valence-corrected chi connectivity index (χ2v) is 3.16. The van der Waals surface area contributed by atoms with Crippen LogP contribution in [0.4, 0.5) is 4.79 Å². The van der Waals surface area contributed by atoms with Gasteiger partial charge in [-0.25, -0.2) is 9.59 Å². The van der Waals surface area contributed by atoms with Gasteiger partial charge in [0, 0.05) is 14.2 Å². The summed E-state index contributed by atoms with van der Waals surface area (Å²) < 4.78 is 18.9. The van der Waals surface area contributed by atoms with Crippen LogP contribution < -0.4 is 5.32 Å². The fraction of sp³-hybridized carbons (Fsp3) is 0.800. The number of amides is 1. The van der Waals surface area contributed by atoms with Crippen molar-refractivity contribution in [2.45, 2.75) is 13.0 Å². The van der Waals surface area contributed by atoms with E-state index >= 15 is 0 Å². The first kappa shape index (κ1) is 15.7. The summed E-state index contributed by atoms with van der Waals surface area (Å²) in [6, 6.07) is -0.762. The second-order valence-electron chi connectivity index (χ2n) is 3.16. The van der Waals surface area contributed by atoms with Gasteiger partial charge >= 0.3 is 12.1 Å². The smallest absolute Gasteiger partial charge is 0.407 e. The molecule has 0 aliphatic carbocycles. The molecule has 0 aromatic carbocycles. The van der Waals surface area contributed by atoms with Gasteiger partial charge in [0.15, 0.2) is 0 Å². The quantitative estimate of drug-likeness (QED) is 0.479. The van der Waals surface area contributed by atoms with E-state index in [1.807, 2.05) is 0 Å². The molecule has 1 unspecified atom stereocenters. The molecule has 1 atom stereocenters. The average molecular weight is 249 g/mol. The molecule has 0 bridgehead atoms. The summed E-state index contributed by atoms with van der Waals surface area (Å²) in [4.78, 5) is 22.5. The second kappa shape index (κ2) is 9.86. The molecule has 0 rings (SSSR count). The maximum absolute atomic E-state index is 11.3. The van der Waals surface area contributed by atoms with Crippen LogP contribution in [-0.2, 0) is 23.7 Å². The lowest BCUT2D eigenvalue weighted by Crippen LogP contribution is -2.40. The summed E-state index contributed by atoms with van der Waals surface area (Å²) in [5.74, 6) is -0.536. The van der Waals surface area contributed by atoms with Gasteiger partial charge in [-0.1, -0.05) is 0 Å². The van der Waals surface area contributed by atoms with Crippen molar-refractivity contribution in [3.05, 3.63) is 0 Å². The number of nitrogens with one attached hydrogen (secondary N) is 1. The Morgan fingerprint density at radius 1 is 1.00 bits per heavy atom. The van der Waals surface area contributed by atoms with Crippen molar-refractivity contribution in [1.82, 2.24) is 5.32 Å². The maximum Gasteiger partial charge on any atom is 0.407 e. The Morgan fingerprint density at radius 3 is 2.06 bits per heavy atom. The molecule has 0 heterocycles. The first-order valence-corrected chi connectivity index (χ1v) is 5.19. The van der Waals surface area contributed by atoms with Gasteiger partial charge in [-0.3, -0.25) is 0 Å². The number of rotatable bonds is 8. The van der Waals surface area contributed by atoms with E-state index in [1.165, 1.54) is 21.1 Å². The third kappa shape index (κ3) is 8.47. The van der Waals surface area contributed by atoms with Gasteiger partial charge < -0.3 is 24.3 Å². The molecular weight excluding hydrogens is 230 g/mol. The van der Waals surface area contributed by atoms with E-state index in [1.54, 1.807) is 0 Å². The lowest BCUT2D eigenvalue weighted by Gasteiger charge is -2.13. The average Bonchev–Trinajstić information content (AvgIpc) is 2.29. The predicted molar refractivity (Wildman–Crippen MR) is 58.7 cm³/mol. The summed E-state index contributed by atoms with van der Waals surface area (Å²) in [6.07, 6.45) is -0.682. The molecule has 0 spiro atoms. The summed E-state index contributed by atoms with van der Waals surface area (Å²) >= 11 is 0. The zero-order valence-corrected chi connectivity index (χ0v) is 10.4. The van der Waals surface area contributed by atoms with Crippen LogP contribution in [0.2, 0.25) is 0 Å². The monoisotopic (exact) mass is 249 g/mol. The molecule has 0 aliphatic rings. The van der Waals surface area contributed by atoms with Crippen LogP contribution in [0.1, 0.15) is 6.92 Å². The van der Waals surface area contributed by atoms with Crippen LogP contribution in [-0.4, -0.2) is 58.8 Å². The highest BCUT2D eigenvalue weighted by Gasteiger charge is 2.17. The Hall–Kier alpha value is -1.34. The van der Waals surface area contributed by atoms with Gasteiger partial charge in [-0.2, -0.15) is 0 Å². The molecule has 0 saturated carbocycles. The number of ether oxygens (including phenoxy) is 4. The van der Waals surface area contributed by atoms with Crippen LogP contribution in [0.25, 0.3) is 0 Å². The van der Waals surface area contributed by atoms with E-state index < -0.39 is 18.1 Å². The van der Waals surface area contributed by atoms with E-state index in [-0.39, 0.29) is 13.2 Å². The molecule has 0 fully saturated rings. The van der Waals surface area contributed by atoms with Gasteiger partial charge in [0.2, 0.25) is 0 Å². The summed E-state index contributed by atoms with van der Waals surface area (Å²) in [6.45, 7) is 2.41. The number of esters is 1. The zero-order valence-electron chi connectivity index (χ0n) is 10.4. The first-order valence-electron chi connectivity index (χ1n) is 5.19. The molecule has 1 N–H and O–H groups in total.